The van der Waals surface area contributed by atoms with E-state index in [1.165, 1.54) is 13.2 Å². The van der Waals surface area contributed by atoms with Gasteiger partial charge in [0.1, 0.15) is 30.3 Å². The number of benzene rings is 3. The quantitative estimate of drug-likeness (QED) is 0.220. The van der Waals surface area contributed by atoms with Gasteiger partial charge >= 0.3 is 6.03 Å². The first kappa shape index (κ1) is 26.9. The highest BCUT2D eigenvalue weighted by Crippen LogP contribution is 2.36. The monoisotopic (exact) mass is 691 g/mol. The molecule has 1 heterocycles. The van der Waals surface area contributed by atoms with Crippen LogP contribution in [0.3, 0.4) is 0 Å². The summed E-state index contributed by atoms with van der Waals surface area (Å²) in [6.07, 6.45) is 1.53. The normalized spacial score (nSPS) is 14.1. The molecule has 37 heavy (non-hydrogen) atoms. The fourth-order valence-electron chi connectivity index (χ4n) is 3.50. The van der Waals surface area contributed by atoms with Crippen molar-refractivity contribution in [2.24, 2.45) is 0 Å². The van der Waals surface area contributed by atoms with Crippen LogP contribution in [-0.2, 0) is 16.2 Å². The molecule has 0 bridgehead atoms. The minimum atomic E-state index is -0.681. The summed E-state index contributed by atoms with van der Waals surface area (Å²) in [7, 11) is 1.48. The molecule has 4 amide bonds. The van der Waals surface area contributed by atoms with Gasteiger partial charge in [-0.05, 0) is 85.5 Å². The molecular formula is C26H20Br3N3O5. The van der Waals surface area contributed by atoms with Crippen LogP contribution < -0.4 is 20.1 Å². The Morgan fingerprint density at radius 3 is 2.38 bits per heavy atom. The van der Waals surface area contributed by atoms with Gasteiger partial charge < -0.3 is 20.1 Å². The summed E-state index contributed by atoms with van der Waals surface area (Å²) >= 11 is 10.4. The highest BCUT2D eigenvalue weighted by Gasteiger charge is 2.35. The topological polar surface area (TPSA) is 97.0 Å². The van der Waals surface area contributed by atoms with E-state index in [1.54, 1.807) is 36.4 Å². The highest BCUT2D eigenvalue weighted by atomic mass is 79.9. The van der Waals surface area contributed by atoms with Crippen LogP contribution in [0.5, 0.6) is 11.5 Å². The van der Waals surface area contributed by atoms with Crippen molar-refractivity contribution in [1.29, 1.82) is 0 Å². The van der Waals surface area contributed by atoms with Gasteiger partial charge in [0, 0.05) is 4.47 Å². The van der Waals surface area contributed by atoms with Gasteiger partial charge in [-0.1, -0.05) is 40.2 Å². The number of anilines is 1. The number of imide groups is 1. The number of halogens is 3. The van der Waals surface area contributed by atoms with E-state index in [0.717, 1.165) is 14.9 Å². The molecule has 11 heteroatoms. The number of hydrogen-bond donors (Lipinski definition) is 2. The number of amides is 4. The second-order valence-corrected chi connectivity index (χ2v) is 10.5. The highest BCUT2D eigenvalue weighted by molar-refractivity contribution is 9.11. The van der Waals surface area contributed by atoms with Gasteiger partial charge in [-0.2, -0.15) is 0 Å². The summed E-state index contributed by atoms with van der Waals surface area (Å²) in [5, 5.41) is 5.18. The maximum absolute atomic E-state index is 12.9. The third kappa shape index (κ3) is 6.60. The Bertz CT molecular complexity index is 1370. The van der Waals surface area contributed by atoms with Crippen molar-refractivity contribution in [3.05, 3.63) is 90.9 Å². The second kappa shape index (κ2) is 11.9. The van der Waals surface area contributed by atoms with Gasteiger partial charge in [0.25, 0.3) is 5.91 Å². The first-order chi connectivity index (χ1) is 17.7. The Labute approximate surface area is 238 Å². The molecule has 4 rings (SSSR count). The number of rotatable bonds is 8. The standard InChI is InChI=1S/C26H20Br3N3O5/c1-36-22-5-3-2-4-20(22)30-23(33)13-32-25(34)21(31-26(32)35)12-16-10-18(28)24(19(29)11-16)37-14-15-6-8-17(27)9-7-15/h2-12H,13-14H2,1H3,(H,30,33)(H,31,35)/b21-12+. The molecule has 3 aromatic rings. The van der Waals surface area contributed by atoms with Crippen molar-refractivity contribution in [3.8, 4) is 11.5 Å². The molecule has 0 atom stereocenters. The third-order valence-corrected chi connectivity index (χ3v) is 6.98. The van der Waals surface area contributed by atoms with Gasteiger partial charge in [0.05, 0.1) is 21.7 Å². The Kier molecular flexibility index (Phi) is 8.67. The molecule has 1 aliphatic rings. The first-order valence-electron chi connectivity index (χ1n) is 10.9. The minimum absolute atomic E-state index is 0.0532. The zero-order chi connectivity index (χ0) is 26.5. The molecule has 8 nitrogen and oxygen atoms in total. The molecule has 1 saturated heterocycles. The fraction of sp³-hybridized carbons (Fsp3) is 0.115. The van der Waals surface area contributed by atoms with Crippen LogP contribution in [0.15, 0.2) is 79.8 Å². The van der Waals surface area contributed by atoms with Gasteiger partial charge in [0.15, 0.2) is 0 Å². The van der Waals surface area contributed by atoms with Crippen molar-refractivity contribution in [1.82, 2.24) is 10.2 Å². The van der Waals surface area contributed by atoms with Crippen molar-refractivity contribution >= 4 is 77.4 Å². The van der Waals surface area contributed by atoms with Crippen LogP contribution in [-0.4, -0.2) is 36.4 Å². The van der Waals surface area contributed by atoms with Crippen molar-refractivity contribution in [2.75, 3.05) is 19.0 Å². The van der Waals surface area contributed by atoms with E-state index < -0.39 is 24.4 Å². The predicted octanol–water partition coefficient (Wildman–Crippen LogP) is 6.09. The van der Waals surface area contributed by atoms with Crippen LogP contribution in [0, 0.1) is 0 Å². The summed E-state index contributed by atoms with van der Waals surface area (Å²) in [5.74, 6) is -0.0782. The molecule has 0 radical (unpaired) electrons. The summed E-state index contributed by atoms with van der Waals surface area (Å²) in [5.41, 5.74) is 2.13. The van der Waals surface area contributed by atoms with E-state index in [2.05, 4.69) is 58.4 Å². The van der Waals surface area contributed by atoms with Crippen LogP contribution >= 0.6 is 47.8 Å². The van der Waals surface area contributed by atoms with E-state index in [0.29, 0.717) is 38.3 Å². The third-order valence-electron chi connectivity index (χ3n) is 5.27. The molecule has 2 N–H and O–H groups in total. The summed E-state index contributed by atoms with van der Waals surface area (Å²) in [6.45, 7) is -0.0817. The molecular weight excluding hydrogens is 674 g/mol. The number of hydrogen-bond acceptors (Lipinski definition) is 5. The number of urea groups is 1. The molecule has 1 aliphatic heterocycles. The second-order valence-electron chi connectivity index (χ2n) is 7.86. The fourth-order valence-corrected chi connectivity index (χ4v) is 5.22. The number of para-hydroxylation sites is 2. The number of nitrogens with zero attached hydrogens (tertiary/aromatic N) is 1. The Hall–Kier alpha value is -3.15. The zero-order valence-electron chi connectivity index (χ0n) is 19.4. The van der Waals surface area contributed by atoms with Crippen LogP contribution in [0.2, 0.25) is 0 Å². The maximum Gasteiger partial charge on any atom is 0.329 e. The summed E-state index contributed by atoms with van der Waals surface area (Å²) in [4.78, 5) is 38.7. The molecule has 1 fully saturated rings. The lowest BCUT2D eigenvalue weighted by atomic mass is 10.2. The first-order valence-corrected chi connectivity index (χ1v) is 13.3. The van der Waals surface area contributed by atoms with E-state index in [-0.39, 0.29) is 5.70 Å². The van der Waals surface area contributed by atoms with Crippen LogP contribution in [0.4, 0.5) is 10.5 Å². The molecule has 190 valence electrons. The number of carbonyl (C=O) groups is 3. The smallest absolute Gasteiger partial charge is 0.329 e. The van der Waals surface area contributed by atoms with Gasteiger partial charge in [0.2, 0.25) is 5.91 Å². The molecule has 0 aromatic heterocycles. The maximum atomic E-state index is 12.9. The zero-order valence-corrected chi connectivity index (χ0v) is 24.1. The molecule has 3 aromatic carbocycles. The lowest BCUT2D eigenvalue weighted by Gasteiger charge is -2.13. The van der Waals surface area contributed by atoms with Crippen molar-refractivity contribution in [3.63, 3.8) is 0 Å². The van der Waals surface area contributed by atoms with Crippen LogP contribution in [0.1, 0.15) is 11.1 Å². The number of nitrogens with one attached hydrogen (secondary N) is 2. The summed E-state index contributed by atoms with van der Waals surface area (Å²) < 4.78 is 13.5. The van der Waals surface area contributed by atoms with Crippen molar-refractivity contribution < 1.29 is 23.9 Å². The molecule has 0 aliphatic carbocycles. The lowest BCUT2D eigenvalue weighted by Crippen LogP contribution is -2.38. The molecule has 0 saturated carbocycles. The van der Waals surface area contributed by atoms with E-state index in [4.69, 9.17) is 9.47 Å². The van der Waals surface area contributed by atoms with Gasteiger partial charge in [-0.25, -0.2) is 9.69 Å². The predicted molar refractivity (Wildman–Crippen MR) is 150 cm³/mol. The average Bonchev–Trinajstić information content (AvgIpc) is 3.12. The van der Waals surface area contributed by atoms with E-state index >= 15 is 0 Å². The van der Waals surface area contributed by atoms with Gasteiger partial charge in [-0.3, -0.25) is 9.59 Å². The number of methoxy groups -OCH3 is 1. The number of ether oxygens (including phenoxy) is 2. The average molecular weight is 694 g/mol. The Balaban J connectivity index is 1.44. The largest absolute Gasteiger partial charge is 0.495 e. The SMILES string of the molecule is COc1ccccc1NC(=O)CN1C(=O)N/C(=C/c2cc(Br)c(OCc3ccc(Br)cc3)c(Br)c2)C1=O. The summed E-state index contributed by atoms with van der Waals surface area (Å²) in [6, 6.07) is 17.5. The Morgan fingerprint density at radius 1 is 1.03 bits per heavy atom. The lowest BCUT2D eigenvalue weighted by molar-refractivity contribution is -0.127. The molecule has 0 spiro atoms. The van der Waals surface area contributed by atoms with Gasteiger partial charge in [-0.15, -0.1) is 0 Å². The Morgan fingerprint density at radius 2 is 1.70 bits per heavy atom. The van der Waals surface area contributed by atoms with E-state index in [9.17, 15) is 14.4 Å². The minimum Gasteiger partial charge on any atom is -0.495 e. The van der Waals surface area contributed by atoms with Crippen LogP contribution in [0.25, 0.3) is 6.08 Å². The number of carbonyl (C=O) groups excluding carboxylic acids is 3. The van der Waals surface area contributed by atoms with Crippen molar-refractivity contribution in [2.45, 2.75) is 6.61 Å². The van der Waals surface area contributed by atoms with E-state index in [1.807, 2.05) is 24.3 Å². The molecule has 0 unspecified atom stereocenters.